The fourth-order valence-electron chi connectivity index (χ4n) is 9.10. The average molecular weight is 485 g/mol. The number of hydrogen-bond donors (Lipinski definition) is 2. The molecule has 35 heavy (non-hydrogen) atoms. The number of allylic oxidation sites excluding steroid dienone is 2. The zero-order valence-electron chi connectivity index (χ0n) is 22.7. The molecule has 0 aromatic rings. The molecule has 194 valence electrons. The smallest absolute Gasteiger partial charge is 0.330 e. The molecule has 0 radical (unpaired) electrons. The van der Waals surface area contributed by atoms with Crippen LogP contribution in [0.25, 0.3) is 0 Å². The van der Waals surface area contributed by atoms with E-state index in [1.807, 2.05) is 0 Å². The second-order valence-electron chi connectivity index (χ2n) is 13.3. The van der Waals surface area contributed by atoms with E-state index in [0.29, 0.717) is 37.0 Å². The maximum absolute atomic E-state index is 14.0. The van der Waals surface area contributed by atoms with E-state index in [2.05, 4.69) is 41.5 Å². The van der Waals surface area contributed by atoms with Crippen molar-refractivity contribution in [3.8, 4) is 0 Å². The van der Waals surface area contributed by atoms with E-state index < -0.39 is 22.9 Å². The lowest BCUT2D eigenvalue weighted by Gasteiger charge is -2.60. The van der Waals surface area contributed by atoms with Gasteiger partial charge >= 0.3 is 5.97 Å². The Bertz CT molecular complexity index is 1020. The van der Waals surface area contributed by atoms with Crippen molar-refractivity contribution in [2.24, 2.45) is 39.4 Å². The van der Waals surface area contributed by atoms with Gasteiger partial charge < -0.3 is 10.2 Å². The predicted octanol–water partition coefficient (Wildman–Crippen LogP) is 5.90. The predicted molar refractivity (Wildman–Crippen MR) is 136 cm³/mol. The minimum atomic E-state index is -0.887. The van der Waals surface area contributed by atoms with E-state index in [1.165, 1.54) is 5.57 Å². The molecule has 0 aromatic heterocycles. The SMILES string of the molecule is C/C(=C\CC[C@@H](C)[C@H]1C[C@H](O)[C@@]2(C)C3=C(C(=O)C[C@]12C)[C@@]1(C)CCC(=O)C(C)(C)C1CC3)C(=O)O. The van der Waals surface area contributed by atoms with E-state index in [4.69, 9.17) is 5.11 Å². The van der Waals surface area contributed by atoms with E-state index in [0.717, 1.165) is 31.3 Å². The maximum Gasteiger partial charge on any atom is 0.330 e. The van der Waals surface area contributed by atoms with Crippen LogP contribution in [0.1, 0.15) is 99.8 Å². The molecule has 1 unspecified atom stereocenters. The molecule has 4 rings (SSSR count). The third kappa shape index (κ3) is 3.54. The van der Waals surface area contributed by atoms with Gasteiger partial charge in [0.15, 0.2) is 5.78 Å². The molecule has 0 saturated heterocycles. The van der Waals surface area contributed by atoms with Gasteiger partial charge in [-0.2, -0.15) is 0 Å². The summed E-state index contributed by atoms with van der Waals surface area (Å²) >= 11 is 0. The Morgan fingerprint density at radius 2 is 1.80 bits per heavy atom. The fraction of sp³-hybridized carbons (Fsp3) is 0.767. The van der Waals surface area contributed by atoms with Gasteiger partial charge in [0.2, 0.25) is 0 Å². The highest BCUT2D eigenvalue weighted by molar-refractivity contribution is 6.00. The minimum Gasteiger partial charge on any atom is -0.478 e. The van der Waals surface area contributed by atoms with Gasteiger partial charge in [0.25, 0.3) is 0 Å². The Labute approximate surface area is 210 Å². The number of aliphatic hydroxyl groups is 1. The van der Waals surface area contributed by atoms with Gasteiger partial charge in [-0.3, -0.25) is 9.59 Å². The molecule has 0 amide bonds. The topological polar surface area (TPSA) is 91.7 Å². The van der Waals surface area contributed by atoms with Crippen LogP contribution in [0.4, 0.5) is 0 Å². The lowest BCUT2D eigenvalue weighted by atomic mass is 9.43. The van der Waals surface area contributed by atoms with Crippen LogP contribution in [-0.4, -0.2) is 33.9 Å². The largest absolute Gasteiger partial charge is 0.478 e. The Morgan fingerprint density at radius 3 is 2.43 bits per heavy atom. The molecule has 0 heterocycles. The van der Waals surface area contributed by atoms with E-state index >= 15 is 0 Å². The Balaban J connectivity index is 1.71. The second-order valence-corrected chi connectivity index (χ2v) is 13.3. The highest BCUT2D eigenvalue weighted by atomic mass is 16.4. The number of ketones is 2. The van der Waals surface area contributed by atoms with E-state index in [-0.39, 0.29) is 34.4 Å². The zero-order valence-corrected chi connectivity index (χ0v) is 22.7. The van der Waals surface area contributed by atoms with E-state index in [9.17, 15) is 19.5 Å². The van der Waals surface area contributed by atoms with Crippen molar-refractivity contribution in [2.75, 3.05) is 0 Å². The number of aliphatic hydroxyl groups excluding tert-OH is 1. The summed E-state index contributed by atoms with van der Waals surface area (Å²) in [5.74, 6) is 0.263. The molecule has 0 aliphatic heterocycles. The molecule has 4 aliphatic rings. The number of fused-ring (bicyclic) bond motifs is 4. The number of carboxylic acids is 1. The summed E-state index contributed by atoms with van der Waals surface area (Å²) in [6, 6.07) is 0. The molecule has 7 atom stereocenters. The summed E-state index contributed by atoms with van der Waals surface area (Å²) in [5, 5.41) is 20.8. The van der Waals surface area contributed by atoms with Gasteiger partial charge in [-0.1, -0.05) is 53.2 Å². The molecule has 4 aliphatic carbocycles. The molecular formula is C30H44O5. The van der Waals surface area contributed by atoms with Gasteiger partial charge in [0, 0.05) is 40.2 Å². The lowest BCUT2D eigenvalue weighted by molar-refractivity contribution is -0.143. The number of carbonyl (C=O) groups excluding carboxylic acids is 2. The first-order valence-corrected chi connectivity index (χ1v) is 13.5. The number of Topliss-reactive ketones (excluding diaryl/α,β-unsaturated/α-hetero) is 2. The maximum atomic E-state index is 14.0. The van der Waals surface area contributed by atoms with Crippen molar-refractivity contribution in [3.63, 3.8) is 0 Å². The van der Waals surface area contributed by atoms with Crippen LogP contribution in [0.5, 0.6) is 0 Å². The van der Waals surface area contributed by atoms with Crippen molar-refractivity contribution in [1.82, 2.24) is 0 Å². The molecule has 2 fully saturated rings. The number of aliphatic carboxylic acids is 1. The molecular weight excluding hydrogens is 440 g/mol. The van der Waals surface area contributed by atoms with Crippen LogP contribution in [0.15, 0.2) is 22.8 Å². The van der Waals surface area contributed by atoms with Crippen LogP contribution in [0.3, 0.4) is 0 Å². The summed E-state index contributed by atoms with van der Waals surface area (Å²) in [4.78, 5) is 38.0. The van der Waals surface area contributed by atoms with Crippen molar-refractivity contribution >= 4 is 17.5 Å². The summed E-state index contributed by atoms with van der Waals surface area (Å²) < 4.78 is 0. The first kappa shape index (κ1) is 26.3. The first-order chi connectivity index (χ1) is 16.1. The number of rotatable bonds is 5. The lowest BCUT2D eigenvalue weighted by Crippen LogP contribution is -2.57. The zero-order chi connectivity index (χ0) is 26.1. The second kappa shape index (κ2) is 8.39. The third-order valence-electron chi connectivity index (χ3n) is 11.5. The van der Waals surface area contributed by atoms with Crippen molar-refractivity contribution < 1.29 is 24.6 Å². The summed E-state index contributed by atoms with van der Waals surface area (Å²) in [7, 11) is 0. The molecule has 5 heteroatoms. The van der Waals surface area contributed by atoms with Gasteiger partial charge in [0.05, 0.1) is 6.10 Å². The van der Waals surface area contributed by atoms with Crippen LogP contribution in [0.2, 0.25) is 0 Å². The quantitative estimate of drug-likeness (QED) is 0.474. The van der Waals surface area contributed by atoms with Gasteiger partial charge in [-0.25, -0.2) is 4.79 Å². The van der Waals surface area contributed by atoms with Crippen LogP contribution in [0, 0.1) is 39.4 Å². The van der Waals surface area contributed by atoms with Gasteiger partial charge in [-0.15, -0.1) is 0 Å². The average Bonchev–Trinajstić information content (AvgIpc) is 2.97. The monoisotopic (exact) mass is 484 g/mol. The molecule has 0 bridgehead atoms. The molecule has 0 aromatic carbocycles. The van der Waals surface area contributed by atoms with Crippen molar-refractivity contribution in [3.05, 3.63) is 22.8 Å². The number of carboxylic acid groups (broad SMARTS) is 1. The van der Waals surface area contributed by atoms with Crippen LogP contribution in [-0.2, 0) is 14.4 Å². The Morgan fingerprint density at radius 1 is 1.14 bits per heavy atom. The Hall–Kier alpha value is -1.75. The summed E-state index contributed by atoms with van der Waals surface area (Å²) in [6.07, 6.45) is 6.82. The molecule has 0 spiro atoms. The van der Waals surface area contributed by atoms with Gasteiger partial charge in [0.1, 0.15) is 5.78 Å². The third-order valence-corrected chi connectivity index (χ3v) is 11.5. The normalized spacial score (nSPS) is 41.8. The first-order valence-electron chi connectivity index (χ1n) is 13.5. The van der Waals surface area contributed by atoms with Crippen molar-refractivity contribution in [1.29, 1.82) is 0 Å². The molecule has 5 nitrogen and oxygen atoms in total. The van der Waals surface area contributed by atoms with Crippen molar-refractivity contribution in [2.45, 2.75) is 106 Å². The molecule has 2 saturated carbocycles. The standard InChI is InChI=1S/C30H44O5/c1-17(9-8-10-18(2)26(34)35)20-15-24(33)30(7)19-11-12-22-27(3,4)23(32)13-14-28(22,5)25(19)21(31)16-29(20,30)6/h10,17,20,22,24,33H,8-9,11-16H2,1-7H3,(H,34,35)/b18-10+/t17-,20-,22?,24+,28+,29-,30-/m1/s1. The summed E-state index contributed by atoms with van der Waals surface area (Å²) in [5.41, 5.74) is 0.944. The highest BCUT2D eigenvalue weighted by Gasteiger charge is 2.68. The van der Waals surface area contributed by atoms with Crippen LogP contribution < -0.4 is 0 Å². The van der Waals surface area contributed by atoms with Gasteiger partial charge in [-0.05, 0) is 68.6 Å². The van der Waals surface area contributed by atoms with Crippen LogP contribution >= 0.6 is 0 Å². The number of carbonyl (C=O) groups is 3. The molecule has 2 N–H and O–H groups in total. The fourth-order valence-corrected chi connectivity index (χ4v) is 9.10. The highest BCUT2D eigenvalue weighted by Crippen LogP contribution is 2.71. The van der Waals surface area contributed by atoms with E-state index in [1.54, 1.807) is 13.0 Å². The Kier molecular flexibility index (Phi) is 6.31. The summed E-state index contributed by atoms with van der Waals surface area (Å²) in [6.45, 7) is 14.6. The number of hydrogen-bond acceptors (Lipinski definition) is 4. The minimum absolute atomic E-state index is 0.157.